The SMILES string of the molecule is CC(C)(C)OC(=O)N1CCC[C@H](COCc2ccnc(Br)c2)C1. The van der Waals surface area contributed by atoms with Gasteiger partial charge in [-0.25, -0.2) is 9.78 Å². The minimum atomic E-state index is -0.449. The standard InChI is InChI=1S/C17H25BrN2O3/c1-17(2,3)23-16(21)20-8-4-5-14(10-20)12-22-11-13-6-7-19-15(18)9-13/h6-7,9,14H,4-5,8,10-12H2,1-3H3/t14-/m0/s1. The maximum atomic E-state index is 12.1. The highest BCUT2D eigenvalue weighted by Crippen LogP contribution is 2.20. The smallest absolute Gasteiger partial charge is 0.410 e. The fraction of sp³-hybridized carbons (Fsp3) is 0.647. The molecule has 2 rings (SSSR count). The zero-order chi connectivity index (χ0) is 16.9. The molecule has 2 heterocycles. The number of hydrogen-bond donors (Lipinski definition) is 0. The molecule has 0 bridgehead atoms. The van der Waals surface area contributed by atoms with Crippen LogP contribution in [-0.2, 0) is 16.1 Å². The molecule has 1 amide bonds. The third-order valence-electron chi connectivity index (χ3n) is 3.58. The molecule has 1 aromatic rings. The molecular formula is C17H25BrN2O3. The first-order valence-electron chi connectivity index (χ1n) is 7.99. The second-order valence-corrected chi connectivity index (χ2v) is 7.75. The number of likely N-dealkylation sites (tertiary alicyclic amines) is 1. The van der Waals surface area contributed by atoms with Crippen LogP contribution in [0.15, 0.2) is 22.9 Å². The van der Waals surface area contributed by atoms with Crippen molar-refractivity contribution in [3.8, 4) is 0 Å². The Labute approximate surface area is 146 Å². The van der Waals surface area contributed by atoms with Gasteiger partial charge in [0.1, 0.15) is 10.2 Å². The van der Waals surface area contributed by atoms with Gasteiger partial charge in [0.15, 0.2) is 0 Å². The molecule has 1 aliphatic heterocycles. The summed E-state index contributed by atoms with van der Waals surface area (Å²) in [6, 6.07) is 3.90. The molecule has 6 heteroatoms. The Morgan fingerprint density at radius 3 is 2.96 bits per heavy atom. The zero-order valence-corrected chi connectivity index (χ0v) is 15.6. The van der Waals surface area contributed by atoms with Crippen LogP contribution in [0.3, 0.4) is 0 Å². The summed E-state index contributed by atoms with van der Waals surface area (Å²) in [6.07, 6.45) is 3.61. The molecule has 5 nitrogen and oxygen atoms in total. The number of halogens is 1. The number of hydrogen-bond acceptors (Lipinski definition) is 4. The maximum absolute atomic E-state index is 12.1. The molecule has 1 aliphatic rings. The molecule has 1 saturated heterocycles. The Bertz CT molecular complexity index is 531. The third kappa shape index (κ3) is 6.47. The number of rotatable bonds is 4. The number of ether oxygens (including phenoxy) is 2. The van der Waals surface area contributed by atoms with Crippen LogP contribution in [0.2, 0.25) is 0 Å². The summed E-state index contributed by atoms with van der Waals surface area (Å²) in [5, 5.41) is 0. The van der Waals surface area contributed by atoms with Gasteiger partial charge in [-0.3, -0.25) is 0 Å². The molecule has 1 atom stereocenters. The second kappa shape index (κ2) is 8.11. The lowest BCUT2D eigenvalue weighted by Gasteiger charge is -2.34. The van der Waals surface area contributed by atoms with Crippen LogP contribution in [0.25, 0.3) is 0 Å². The molecular weight excluding hydrogens is 360 g/mol. The summed E-state index contributed by atoms with van der Waals surface area (Å²) in [6.45, 7) is 8.35. The fourth-order valence-corrected chi connectivity index (χ4v) is 2.98. The summed E-state index contributed by atoms with van der Waals surface area (Å²) < 4.78 is 12.1. The fourth-order valence-electron chi connectivity index (χ4n) is 2.57. The number of carbonyl (C=O) groups is 1. The van der Waals surface area contributed by atoms with Crippen LogP contribution in [-0.4, -0.2) is 41.3 Å². The minimum Gasteiger partial charge on any atom is -0.444 e. The van der Waals surface area contributed by atoms with E-state index in [9.17, 15) is 4.79 Å². The van der Waals surface area contributed by atoms with Crippen LogP contribution >= 0.6 is 15.9 Å². The molecule has 1 aromatic heterocycles. The summed E-state index contributed by atoms with van der Waals surface area (Å²) >= 11 is 3.35. The number of amides is 1. The number of pyridine rings is 1. The van der Waals surface area contributed by atoms with Crippen LogP contribution < -0.4 is 0 Å². The highest BCUT2D eigenvalue weighted by Gasteiger charge is 2.27. The van der Waals surface area contributed by atoms with E-state index in [0.29, 0.717) is 25.7 Å². The van der Waals surface area contributed by atoms with E-state index < -0.39 is 5.60 Å². The normalized spacial score (nSPS) is 18.8. The number of carbonyl (C=O) groups excluding carboxylic acids is 1. The van der Waals surface area contributed by atoms with Gasteiger partial charge in [-0.1, -0.05) is 0 Å². The van der Waals surface area contributed by atoms with Crippen molar-refractivity contribution in [2.45, 2.75) is 45.8 Å². The predicted octanol–water partition coefficient (Wildman–Crippen LogP) is 4.01. The largest absolute Gasteiger partial charge is 0.444 e. The monoisotopic (exact) mass is 384 g/mol. The van der Waals surface area contributed by atoms with Gasteiger partial charge in [-0.15, -0.1) is 0 Å². The highest BCUT2D eigenvalue weighted by molar-refractivity contribution is 9.10. The molecule has 0 unspecified atom stereocenters. The average Bonchev–Trinajstić information content (AvgIpc) is 2.46. The Balaban J connectivity index is 1.76. The molecule has 0 N–H and O–H groups in total. The molecule has 23 heavy (non-hydrogen) atoms. The molecule has 0 radical (unpaired) electrons. The van der Waals surface area contributed by atoms with Gasteiger partial charge in [0.05, 0.1) is 13.2 Å². The zero-order valence-electron chi connectivity index (χ0n) is 14.0. The Kier molecular flexibility index (Phi) is 6.41. The lowest BCUT2D eigenvalue weighted by Crippen LogP contribution is -2.43. The Morgan fingerprint density at radius 1 is 1.48 bits per heavy atom. The van der Waals surface area contributed by atoms with E-state index in [2.05, 4.69) is 20.9 Å². The summed E-state index contributed by atoms with van der Waals surface area (Å²) in [5.74, 6) is 0.363. The van der Waals surface area contributed by atoms with Crippen molar-refractivity contribution < 1.29 is 14.3 Å². The van der Waals surface area contributed by atoms with Crippen molar-refractivity contribution >= 4 is 22.0 Å². The van der Waals surface area contributed by atoms with Gasteiger partial charge < -0.3 is 14.4 Å². The summed E-state index contributed by atoms with van der Waals surface area (Å²) in [5.41, 5.74) is 0.640. The third-order valence-corrected chi connectivity index (χ3v) is 4.02. The van der Waals surface area contributed by atoms with Crippen molar-refractivity contribution in [3.05, 3.63) is 28.5 Å². The van der Waals surface area contributed by atoms with E-state index in [1.807, 2.05) is 32.9 Å². The molecule has 128 valence electrons. The van der Waals surface area contributed by atoms with Crippen molar-refractivity contribution in [2.24, 2.45) is 5.92 Å². The quantitative estimate of drug-likeness (QED) is 0.735. The first-order chi connectivity index (χ1) is 10.8. The molecule has 0 spiro atoms. The first kappa shape index (κ1) is 18.2. The van der Waals surface area contributed by atoms with Crippen LogP contribution in [0.1, 0.15) is 39.2 Å². The van der Waals surface area contributed by atoms with Crippen LogP contribution in [0.4, 0.5) is 4.79 Å². The number of aromatic nitrogens is 1. The van der Waals surface area contributed by atoms with Crippen LogP contribution in [0, 0.1) is 5.92 Å². The van der Waals surface area contributed by atoms with Gasteiger partial charge in [-0.2, -0.15) is 0 Å². The van der Waals surface area contributed by atoms with Crippen molar-refractivity contribution in [1.29, 1.82) is 0 Å². The van der Waals surface area contributed by atoms with Gasteiger partial charge in [0.2, 0.25) is 0 Å². The average molecular weight is 385 g/mol. The van der Waals surface area contributed by atoms with Gasteiger partial charge in [-0.05, 0) is 67.2 Å². The van der Waals surface area contributed by atoms with E-state index in [-0.39, 0.29) is 6.09 Å². The van der Waals surface area contributed by atoms with Crippen molar-refractivity contribution in [1.82, 2.24) is 9.88 Å². The lowest BCUT2D eigenvalue weighted by molar-refractivity contribution is 0.00592. The molecule has 0 saturated carbocycles. The summed E-state index contributed by atoms with van der Waals surface area (Å²) in [7, 11) is 0. The highest BCUT2D eigenvalue weighted by atomic mass is 79.9. The maximum Gasteiger partial charge on any atom is 0.410 e. The Morgan fingerprint density at radius 2 is 2.26 bits per heavy atom. The second-order valence-electron chi connectivity index (χ2n) is 6.94. The van der Waals surface area contributed by atoms with E-state index in [1.54, 1.807) is 11.1 Å². The van der Waals surface area contributed by atoms with E-state index in [4.69, 9.17) is 9.47 Å². The lowest BCUT2D eigenvalue weighted by atomic mass is 9.99. The van der Waals surface area contributed by atoms with E-state index in [1.165, 1.54) is 0 Å². The van der Waals surface area contributed by atoms with Gasteiger partial charge in [0, 0.05) is 25.2 Å². The Hall–Kier alpha value is -1.14. The van der Waals surface area contributed by atoms with Crippen LogP contribution in [0.5, 0.6) is 0 Å². The van der Waals surface area contributed by atoms with Crippen molar-refractivity contribution in [2.75, 3.05) is 19.7 Å². The number of piperidine rings is 1. The minimum absolute atomic E-state index is 0.222. The van der Waals surface area contributed by atoms with E-state index >= 15 is 0 Å². The van der Waals surface area contributed by atoms with E-state index in [0.717, 1.165) is 29.6 Å². The molecule has 0 aromatic carbocycles. The number of nitrogens with zero attached hydrogens (tertiary/aromatic N) is 2. The predicted molar refractivity (Wildman–Crippen MR) is 92.1 cm³/mol. The topological polar surface area (TPSA) is 51.7 Å². The van der Waals surface area contributed by atoms with Crippen molar-refractivity contribution in [3.63, 3.8) is 0 Å². The van der Waals surface area contributed by atoms with Gasteiger partial charge >= 0.3 is 6.09 Å². The first-order valence-corrected chi connectivity index (χ1v) is 8.79. The molecule has 1 fully saturated rings. The molecule has 0 aliphatic carbocycles. The van der Waals surface area contributed by atoms with Gasteiger partial charge in [0.25, 0.3) is 0 Å². The summed E-state index contributed by atoms with van der Waals surface area (Å²) in [4.78, 5) is 18.0.